The highest BCUT2D eigenvalue weighted by Crippen LogP contribution is 2.29. The van der Waals surface area contributed by atoms with Crippen molar-refractivity contribution in [1.82, 2.24) is 24.9 Å². The summed E-state index contributed by atoms with van der Waals surface area (Å²) in [5, 5.41) is 7.68. The number of piperidine rings is 1. The van der Waals surface area contributed by atoms with E-state index in [0.717, 1.165) is 48.9 Å². The fraction of sp³-hybridized carbons (Fsp3) is 0.556. The molecule has 3 amide bonds. The lowest BCUT2D eigenvalue weighted by Crippen LogP contribution is -2.46. The number of carbonyl (C=O) groups is 3. The predicted molar refractivity (Wildman–Crippen MR) is 132 cm³/mol. The highest BCUT2D eigenvalue weighted by Gasteiger charge is 2.36. The first-order valence-corrected chi connectivity index (χ1v) is 12.9. The minimum atomic E-state index is -0.193. The summed E-state index contributed by atoms with van der Waals surface area (Å²) in [6.45, 7) is 4.11. The van der Waals surface area contributed by atoms with Crippen LogP contribution in [-0.2, 0) is 29.6 Å². The van der Waals surface area contributed by atoms with Crippen molar-refractivity contribution in [3.8, 4) is 0 Å². The number of hydrogen-bond acceptors (Lipinski definition) is 4. The number of nitrogens with one attached hydrogen (secondary N) is 1. The Labute approximate surface area is 206 Å². The van der Waals surface area contributed by atoms with Gasteiger partial charge in [-0.3, -0.25) is 19.1 Å². The molecule has 0 bridgehead atoms. The molecule has 1 saturated carbocycles. The van der Waals surface area contributed by atoms with E-state index in [1.807, 2.05) is 49.2 Å². The summed E-state index contributed by atoms with van der Waals surface area (Å²) in [5.74, 6) is -0.323. The normalized spacial score (nSPS) is 20.8. The average Bonchev–Trinajstić information content (AvgIpc) is 3.65. The van der Waals surface area contributed by atoms with Crippen LogP contribution in [0.1, 0.15) is 72.3 Å². The zero-order valence-electron chi connectivity index (χ0n) is 20.7. The predicted octanol–water partition coefficient (Wildman–Crippen LogP) is 2.63. The zero-order chi connectivity index (χ0) is 24.5. The monoisotopic (exact) mass is 477 g/mol. The van der Waals surface area contributed by atoms with Gasteiger partial charge < -0.3 is 15.1 Å². The second-order valence-corrected chi connectivity index (χ2v) is 10.2. The third-order valence-corrected chi connectivity index (χ3v) is 7.67. The maximum Gasteiger partial charge on any atom is 0.274 e. The molecule has 3 aliphatic rings. The van der Waals surface area contributed by atoms with E-state index >= 15 is 0 Å². The molecular formula is C27H35N5O3. The Bertz CT molecular complexity index is 1110. The summed E-state index contributed by atoms with van der Waals surface area (Å²) in [4.78, 5) is 43.4. The number of carbonyl (C=O) groups excluding carboxylic acids is 3. The molecule has 1 saturated heterocycles. The highest BCUT2D eigenvalue weighted by atomic mass is 16.2. The van der Waals surface area contributed by atoms with E-state index in [1.165, 1.54) is 0 Å². The minimum absolute atomic E-state index is 0.0661. The third kappa shape index (κ3) is 4.83. The molecule has 0 spiro atoms. The van der Waals surface area contributed by atoms with Crippen LogP contribution >= 0.6 is 0 Å². The van der Waals surface area contributed by atoms with Gasteiger partial charge in [0.15, 0.2) is 5.69 Å². The van der Waals surface area contributed by atoms with Gasteiger partial charge in [0.1, 0.15) is 0 Å². The fourth-order valence-electron chi connectivity index (χ4n) is 5.48. The van der Waals surface area contributed by atoms with E-state index in [0.29, 0.717) is 44.3 Å². The molecule has 2 fully saturated rings. The molecule has 1 aliphatic carbocycles. The molecule has 8 heteroatoms. The summed E-state index contributed by atoms with van der Waals surface area (Å²) in [5.41, 5.74) is 3.32. The Kier molecular flexibility index (Phi) is 6.62. The number of aromatic nitrogens is 2. The van der Waals surface area contributed by atoms with E-state index in [9.17, 15) is 14.4 Å². The first-order valence-electron chi connectivity index (χ1n) is 12.9. The molecule has 2 atom stereocenters. The average molecular weight is 478 g/mol. The van der Waals surface area contributed by atoms with Crippen molar-refractivity contribution >= 4 is 17.7 Å². The van der Waals surface area contributed by atoms with Crippen LogP contribution in [0.4, 0.5) is 0 Å². The van der Waals surface area contributed by atoms with Gasteiger partial charge in [0, 0.05) is 56.9 Å². The number of rotatable bonds is 6. The SMILES string of the molecule is CC[C@@H](C(=O)N1CCc2c(c(C(=O)N3CCC[C@@H](C(=O)NC4CC4)C3)nn2C)C1)c1ccccc1. The van der Waals surface area contributed by atoms with Gasteiger partial charge in [-0.15, -0.1) is 0 Å². The molecule has 1 N–H and O–H groups in total. The van der Waals surface area contributed by atoms with Gasteiger partial charge >= 0.3 is 0 Å². The quantitative estimate of drug-likeness (QED) is 0.693. The molecule has 0 radical (unpaired) electrons. The molecule has 5 rings (SSSR count). The largest absolute Gasteiger partial charge is 0.353 e. The molecule has 186 valence electrons. The summed E-state index contributed by atoms with van der Waals surface area (Å²) >= 11 is 0. The van der Waals surface area contributed by atoms with Crippen LogP contribution in [0.5, 0.6) is 0 Å². The zero-order valence-corrected chi connectivity index (χ0v) is 20.7. The summed E-state index contributed by atoms with van der Waals surface area (Å²) in [6, 6.07) is 10.2. The molecule has 0 unspecified atom stereocenters. The molecular weight excluding hydrogens is 442 g/mol. The Morgan fingerprint density at radius 2 is 1.86 bits per heavy atom. The number of fused-ring (bicyclic) bond motifs is 1. The molecule has 1 aromatic heterocycles. The number of benzene rings is 1. The van der Waals surface area contributed by atoms with Gasteiger partial charge in [0.2, 0.25) is 11.8 Å². The lowest BCUT2D eigenvalue weighted by Gasteiger charge is -2.33. The van der Waals surface area contributed by atoms with Crippen molar-refractivity contribution in [2.45, 2.75) is 64.0 Å². The van der Waals surface area contributed by atoms with Gasteiger partial charge in [-0.25, -0.2) is 0 Å². The van der Waals surface area contributed by atoms with Crippen molar-refractivity contribution in [2.24, 2.45) is 13.0 Å². The van der Waals surface area contributed by atoms with E-state index in [-0.39, 0.29) is 29.6 Å². The van der Waals surface area contributed by atoms with Gasteiger partial charge in [-0.2, -0.15) is 5.10 Å². The number of amides is 3. The number of nitrogens with zero attached hydrogens (tertiary/aromatic N) is 4. The Morgan fingerprint density at radius 3 is 2.57 bits per heavy atom. The number of aryl methyl sites for hydroxylation is 1. The molecule has 1 aromatic carbocycles. The third-order valence-electron chi connectivity index (χ3n) is 7.67. The van der Waals surface area contributed by atoms with Gasteiger partial charge in [0.25, 0.3) is 5.91 Å². The lowest BCUT2D eigenvalue weighted by atomic mass is 9.93. The van der Waals surface area contributed by atoms with Gasteiger partial charge in [-0.1, -0.05) is 37.3 Å². The van der Waals surface area contributed by atoms with E-state index < -0.39 is 0 Å². The van der Waals surface area contributed by atoms with Crippen LogP contribution < -0.4 is 5.32 Å². The second-order valence-electron chi connectivity index (χ2n) is 10.2. The number of likely N-dealkylation sites (tertiary alicyclic amines) is 1. The van der Waals surface area contributed by atoms with Crippen LogP contribution in [0, 0.1) is 5.92 Å². The minimum Gasteiger partial charge on any atom is -0.353 e. The maximum atomic E-state index is 13.6. The van der Waals surface area contributed by atoms with Crippen molar-refractivity contribution in [1.29, 1.82) is 0 Å². The molecule has 8 nitrogen and oxygen atoms in total. The van der Waals surface area contributed by atoms with Gasteiger partial charge in [0.05, 0.1) is 11.8 Å². The van der Waals surface area contributed by atoms with E-state index in [1.54, 1.807) is 9.58 Å². The molecule has 2 aliphatic heterocycles. The Balaban J connectivity index is 1.32. The van der Waals surface area contributed by atoms with E-state index in [4.69, 9.17) is 0 Å². The Hall–Kier alpha value is -3.16. The lowest BCUT2D eigenvalue weighted by molar-refractivity contribution is -0.134. The standard InChI is InChI=1S/C27H35N5O3/c1-3-21(18-8-5-4-6-9-18)26(34)32-15-13-23-22(17-32)24(29-30(23)2)27(35)31-14-7-10-19(16-31)25(33)28-20-11-12-20/h4-6,8-9,19-21H,3,7,10-17H2,1-2H3,(H,28,33)/t19-,21-/m1/s1. The first-order chi connectivity index (χ1) is 17.0. The fourth-order valence-corrected chi connectivity index (χ4v) is 5.48. The summed E-state index contributed by atoms with van der Waals surface area (Å²) < 4.78 is 1.79. The van der Waals surface area contributed by atoms with Crippen molar-refractivity contribution in [3.05, 3.63) is 52.8 Å². The smallest absolute Gasteiger partial charge is 0.274 e. The first kappa shape index (κ1) is 23.6. The molecule has 3 heterocycles. The summed E-state index contributed by atoms with van der Waals surface area (Å²) in [6.07, 6.45) is 5.13. The summed E-state index contributed by atoms with van der Waals surface area (Å²) in [7, 11) is 1.87. The van der Waals surface area contributed by atoms with Crippen LogP contribution in [0.25, 0.3) is 0 Å². The van der Waals surface area contributed by atoms with Crippen molar-refractivity contribution in [2.75, 3.05) is 19.6 Å². The molecule has 2 aromatic rings. The van der Waals surface area contributed by atoms with Crippen LogP contribution in [0.3, 0.4) is 0 Å². The second kappa shape index (κ2) is 9.84. The van der Waals surface area contributed by atoms with Crippen LogP contribution in [-0.4, -0.2) is 63.0 Å². The van der Waals surface area contributed by atoms with E-state index in [2.05, 4.69) is 10.4 Å². The number of hydrogen-bond donors (Lipinski definition) is 1. The van der Waals surface area contributed by atoms with Crippen LogP contribution in [0.2, 0.25) is 0 Å². The molecule has 35 heavy (non-hydrogen) atoms. The highest BCUT2D eigenvalue weighted by molar-refractivity contribution is 5.95. The maximum absolute atomic E-state index is 13.6. The Morgan fingerprint density at radius 1 is 1.09 bits per heavy atom. The van der Waals surface area contributed by atoms with Gasteiger partial charge in [-0.05, 0) is 37.7 Å². The topological polar surface area (TPSA) is 87.5 Å². The van der Waals surface area contributed by atoms with Crippen molar-refractivity contribution in [3.63, 3.8) is 0 Å². The van der Waals surface area contributed by atoms with Crippen LogP contribution in [0.15, 0.2) is 30.3 Å². The van der Waals surface area contributed by atoms with Crippen molar-refractivity contribution < 1.29 is 14.4 Å².